The van der Waals surface area contributed by atoms with Crippen LogP contribution in [0.5, 0.6) is 0 Å². The molecule has 1 atom stereocenters. The number of aryl methyl sites for hydroxylation is 2. The molecule has 0 spiro atoms. The molecule has 7 nitrogen and oxygen atoms in total. The van der Waals surface area contributed by atoms with E-state index >= 15 is 0 Å². The van der Waals surface area contributed by atoms with Gasteiger partial charge in [-0.25, -0.2) is 0 Å². The molecular formula is C24H27N5O2S. The van der Waals surface area contributed by atoms with E-state index in [9.17, 15) is 9.59 Å². The Hall–Kier alpha value is -3.13. The van der Waals surface area contributed by atoms with E-state index in [2.05, 4.69) is 40.6 Å². The fourth-order valence-corrected chi connectivity index (χ4v) is 4.52. The van der Waals surface area contributed by atoms with Crippen molar-refractivity contribution in [2.24, 2.45) is 0 Å². The first-order valence-electron chi connectivity index (χ1n) is 10.8. The van der Waals surface area contributed by atoms with Crippen molar-refractivity contribution in [2.45, 2.75) is 57.1 Å². The average Bonchev–Trinajstić information content (AvgIpc) is 3.21. The first kappa shape index (κ1) is 22.1. The number of thioether (sulfide) groups is 1. The summed E-state index contributed by atoms with van der Waals surface area (Å²) in [6.45, 7) is 6.31. The molecule has 1 N–H and O–H groups in total. The molecule has 0 aliphatic carbocycles. The molecule has 0 aliphatic rings. The van der Waals surface area contributed by atoms with Gasteiger partial charge < -0.3 is 5.32 Å². The van der Waals surface area contributed by atoms with Gasteiger partial charge in [-0.3, -0.25) is 18.6 Å². The summed E-state index contributed by atoms with van der Waals surface area (Å²) in [5.41, 5.74) is 3.02. The number of carbonyl (C=O) groups is 1. The molecule has 2 aromatic carbocycles. The first-order valence-corrected chi connectivity index (χ1v) is 11.8. The third kappa shape index (κ3) is 4.55. The minimum atomic E-state index is -0.160. The predicted molar refractivity (Wildman–Crippen MR) is 128 cm³/mol. The van der Waals surface area contributed by atoms with Crippen LogP contribution in [-0.2, 0) is 17.1 Å². The van der Waals surface area contributed by atoms with E-state index in [1.807, 2.05) is 48.6 Å². The number of amides is 1. The summed E-state index contributed by atoms with van der Waals surface area (Å²) < 4.78 is 3.48. The largest absolute Gasteiger partial charge is 0.354 e. The van der Waals surface area contributed by atoms with Crippen LogP contribution in [0.1, 0.15) is 37.8 Å². The second kappa shape index (κ2) is 9.56. The molecule has 0 fully saturated rings. The summed E-state index contributed by atoms with van der Waals surface area (Å²) in [4.78, 5) is 25.5. The van der Waals surface area contributed by atoms with Gasteiger partial charge in [-0.1, -0.05) is 60.6 Å². The number of aromatic nitrogens is 4. The molecule has 32 heavy (non-hydrogen) atoms. The van der Waals surface area contributed by atoms with Crippen molar-refractivity contribution >= 4 is 34.3 Å². The zero-order chi connectivity index (χ0) is 22.7. The van der Waals surface area contributed by atoms with Crippen molar-refractivity contribution in [1.29, 1.82) is 0 Å². The smallest absolute Gasteiger partial charge is 0.262 e. The highest BCUT2D eigenvalue weighted by atomic mass is 32.2. The van der Waals surface area contributed by atoms with Crippen LogP contribution in [0.4, 0.5) is 0 Å². The van der Waals surface area contributed by atoms with Crippen molar-refractivity contribution < 1.29 is 4.79 Å². The normalized spacial score (nSPS) is 12.3. The van der Waals surface area contributed by atoms with Gasteiger partial charge in [0.1, 0.15) is 0 Å². The Morgan fingerprint density at radius 1 is 1.16 bits per heavy atom. The minimum absolute atomic E-state index is 0.0777. The van der Waals surface area contributed by atoms with E-state index in [0.717, 1.165) is 22.8 Å². The van der Waals surface area contributed by atoms with Crippen LogP contribution in [0, 0.1) is 6.92 Å². The van der Waals surface area contributed by atoms with Gasteiger partial charge in [0.2, 0.25) is 11.7 Å². The number of fused-ring (bicyclic) bond motifs is 3. The molecule has 0 radical (unpaired) electrons. The van der Waals surface area contributed by atoms with Gasteiger partial charge in [-0.15, -0.1) is 10.2 Å². The molecule has 0 aliphatic heterocycles. The second-order valence-electron chi connectivity index (χ2n) is 8.00. The lowest BCUT2D eigenvalue weighted by molar-refractivity contribution is -0.121. The SMILES string of the molecule is CC[C@@H](C)NC(=O)CCn1c(=O)c2ccccc2n2c(SCc3cccc(C)c3)nnc12. The number of nitrogens with zero attached hydrogens (tertiary/aromatic N) is 4. The van der Waals surface area contributed by atoms with Gasteiger partial charge in [0.25, 0.3) is 5.56 Å². The number of hydrogen-bond donors (Lipinski definition) is 1. The monoisotopic (exact) mass is 449 g/mol. The third-order valence-corrected chi connectivity index (χ3v) is 6.51. The minimum Gasteiger partial charge on any atom is -0.354 e. The first-order chi connectivity index (χ1) is 15.5. The van der Waals surface area contributed by atoms with Gasteiger partial charge in [-0.05, 0) is 38.0 Å². The van der Waals surface area contributed by atoms with Crippen molar-refractivity contribution in [2.75, 3.05) is 0 Å². The number of rotatable bonds is 8. The summed E-state index contributed by atoms with van der Waals surface area (Å²) in [5, 5.41) is 13.0. The lowest BCUT2D eigenvalue weighted by Crippen LogP contribution is -2.33. The predicted octanol–water partition coefficient (Wildman–Crippen LogP) is 3.95. The molecule has 0 unspecified atom stereocenters. The zero-order valence-corrected chi connectivity index (χ0v) is 19.4. The highest BCUT2D eigenvalue weighted by Crippen LogP contribution is 2.25. The Bertz CT molecular complexity index is 1330. The van der Waals surface area contributed by atoms with Crippen molar-refractivity contribution in [3.05, 3.63) is 70.0 Å². The number of carbonyl (C=O) groups excluding carboxylic acids is 1. The molecule has 166 valence electrons. The Kier molecular flexibility index (Phi) is 6.60. The van der Waals surface area contributed by atoms with Crippen LogP contribution < -0.4 is 10.9 Å². The Labute approximate surface area is 190 Å². The lowest BCUT2D eigenvalue weighted by atomic mass is 10.2. The van der Waals surface area contributed by atoms with Gasteiger partial charge in [0.05, 0.1) is 10.9 Å². The molecule has 1 amide bonds. The Balaban J connectivity index is 1.70. The average molecular weight is 450 g/mol. The maximum atomic E-state index is 13.2. The molecule has 0 saturated heterocycles. The molecule has 0 bridgehead atoms. The fourth-order valence-electron chi connectivity index (χ4n) is 3.64. The Morgan fingerprint density at radius 2 is 1.97 bits per heavy atom. The number of benzene rings is 2. The zero-order valence-electron chi connectivity index (χ0n) is 18.5. The van der Waals surface area contributed by atoms with E-state index in [1.165, 1.54) is 11.1 Å². The van der Waals surface area contributed by atoms with Crippen LogP contribution in [0.2, 0.25) is 0 Å². The van der Waals surface area contributed by atoms with E-state index in [1.54, 1.807) is 16.3 Å². The fraction of sp³-hybridized carbons (Fsp3) is 0.333. The summed E-state index contributed by atoms with van der Waals surface area (Å²) in [6.07, 6.45) is 1.06. The summed E-state index contributed by atoms with van der Waals surface area (Å²) in [7, 11) is 0. The van der Waals surface area contributed by atoms with E-state index in [0.29, 0.717) is 11.2 Å². The highest BCUT2D eigenvalue weighted by molar-refractivity contribution is 7.98. The molecule has 4 aromatic rings. The maximum absolute atomic E-state index is 13.2. The van der Waals surface area contributed by atoms with Crippen molar-refractivity contribution in [1.82, 2.24) is 24.5 Å². The molecule has 2 heterocycles. The number of hydrogen-bond acceptors (Lipinski definition) is 5. The third-order valence-electron chi connectivity index (χ3n) is 5.51. The second-order valence-corrected chi connectivity index (χ2v) is 8.94. The number of nitrogens with one attached hydrogen (secondary N) is 1. The highest BCUT2D eigenvalue weighted by Gasteiger charge is 2.17. The van der Waals surface area contributed by atoms with Crippen LogP contribution in [-0.4, -0.2) is 31.1 Å². The summed E-state index contributed by atoms with van der Waals surface area (Å²) in [5.74, 6) is 1.12. The van der Waals surface area contributed by atoms with Crippen LogP contribution in [0.25, 0.3) is 16.7 Å². The molecule has 0 saturated carbocycles. The topological polar surface area (TPSA) is 81.3 Å². The quantitative estimate of drug-likeness (QED) is 0.412. The van der Waals surface area contributed by atoms with Crippen LogP contribution >= 0.6 is 11.8 Å². The van der Waals surface area contributed by atoms with Gasteiger partial charge in [0, 0.05) is 24.8 Å². The van der Waals surface area contributed by atoms with Crippen LogP contribution in [0.3, 0.4) is 0 Å². The van der Waals surface area contributed by atoms with E-state index in [4.69, 9.17) is 0 Å². The summed E-state index contributed by atoms with van der Waals surface area (Å²) >= 11 is 1.58. The molecular weight excluding hydrogens is 422 g/mol. The lowest BCUT2D eigenvalue weighted by Gasteiger charge is -2.13. The molecule has 8 heteroatoms. The maximum Gasteiger partial charge on any atom is 0.262 e. The van der Waals surface area contributed by atoms with Gasteiger partial charge >= 0.3 is 0 Å². The van der Waals surface area contributed by atoms with Crippen molar-refractivity contribution in [3.8, 4) is 0 Å². The molecule has 4 rings (SSSR count). The van der Waals surface area contributed by atoms with Gasteiger partial charge in [-0.2, -0.15) is 0 Å². The van der Waals surface area contributed by atoms with Gasteiger partial charge in [0.15, 0.2) is 5.16 Å². The standard InChI is InChI=1S/C24H27N5O2S/c1-4-17(3)25-21(30)12-13-28-22(31)19-10-5-6-11-20(19)29-23(28)26-27-24(29)32-15-18-9-7-8-16(2)14-18/h5-11,14,17H,4,12-13,15H2,1-3H3,(H,25,30)/t17-/m1/s1. The number of para-hydroxylation sites is 1. The van der Waals surface area contributed by atoms with Crippen molar-refractivity contribution in [3.63, 3.8) is 0 Å². The molecule has 2 aromatic heterocycles. The Morgan fingerprint density at radius 3 is 2.75 bits per heavy atom. The van der Waals surface area contributed by atoms with E-state index < -0.39 is 0 Å². The van der Waals surface area contributed by atoms with Crippen LogP contribution in [0.15, 0.2) is 58.5 Å². The van der Waals surface area contributed by atoms with E-state index in [-0.39, 0.29) is 30.5 Å². The summed E-state index contributed by atoms with van der Waals surface area (Å²) in [6, 6.07) is 15.9.